The molecule has 1 aromatic carbocycles. The Kier molecular flexibility index (Phi) is 3.14. The molecule has 0 saturated carbocycles. The van der Waals surface area contributed by atoms with Crippen LogP contribution in [0, 0.1) is 11.7 Å². The van der Waals surface area contributed by atoms with E-state index in [-0.39, 0.29) is 30.3 Å². The number of halogens is 1. The summed E-state index contributed by atoms with van der Waals surface area (Å²) < 4.78 is 14.1. The third-order valence-corrected chi connectivity index (χ3v) is 4.11. The molecule has 102 valence electrons. The van der Waals surface area contributed by atoms with Crippen molar-refractivity contribution in [3.63, 3.8) is 0 Å². The molecule has 2 saturated heterocycles. The molecule has 0 bridgehead atoms. The summed E-state index contributed by atoms with van der Waals surface area (Å²) in [6.45, 7) is 1.19. The Labute approximate surface area is 111 Å². The Morgan fingerprint density at radius 1 is 1.47 bits per heavy atom. The van der Waals surface area contributed by atoms with E-state index in [0.29, 0.717) is 17.8 Å². The summed E-state index contributed by atoms with van der Waals surface area (Å²) in [7, 11) is 0. The van der Waals surface area contributed by atoms with Gasteiger partial charge in [0.05, 0.1) is 24.3 Å². The lowest BCUT2D eigenvalue weighted by Gasteiger charge is -2.37. The predicted octanol–water partition coefficient (Wildman–Crippen LogP) is 1.03. The number of hydrogen-bond acceptors (Lipinski definition) is 3. The number of piperidine rings is 1. The molecule has 2 unspecified atom stereocenters. The number of fused-ring (bicyclic) bond motifs is 1. The van der Waals surface area contributed by atoms with Gasteiger partial charge in [-0.3, -0.25) is 4.79 Å². The molecule has 0 spiro atoms. The van der Waals surface area contributed by atoms with Crippen LogP contribution in [0.15, 0.2) is 18.2 Å². The van der Waals surface area contributed by atoms with Crippen LogP contribution in [-0.2, 0) is 11.4 Å². The maximum absolute atomic E-state index is 14.1. The van der Waals surface area contributed by atoms with Crippen molar-refractivity contribution in [3.05, 3.63) is 29.6 Å². The minimum atomic E-state index is -0.327. The molecule has 4 nitrogen and oxygen atoms in total. The summed E-state index contributed by atoms with van der Waals surface area (Å²) >= 11 is 0. The van der Waals surface area contributed by atoms with Crippen LogP contribution in [0.2, 0.25) is 0 Å². The van der Waals surface area contributed by atoms with Crippen molar-refractivity contribution in [2.24, 2.45) is 5.92 Å². The molecule has 5 heteroatoms. The van der Waals surface area contributed by atoms with Gasteiger partial charge >= 0.3 is 0 Å². The van der Waals surface area contributed by atoms with Crippen molar-refractivity contribution in [1.29, 1.82) is 0 Å². The zero-order valence-electron chi connectivity index (χ0n) is 10.6. The van der Waals surface area contributed by atoms with E-state index in [1.807, 2.05) is 4.90 Å². The van der Waals surface area contributed by atoms with E-state index in [1.165, 1.54) is 6.07 Å². The Morgan fingerprint density at radius 3 is 3.05 bits per heavy atom. The quantitative estimate of drug-likeness (QED) is 0.839. The van der Waals surface area contributed by atoms with Gasteiger partial charge in [-0.1, -0.05) is 6.07 Å². The lowest BCUT2D eigenvalue weighted by Crippen LogP contribution is -2.46. The van der Waals surface area contributed by atoms with E-state index in [4.69, 9.17) is 5.11 Å². The van der Waals surface area contributed by atoms with Crippen molar-refractivity contribution < 1.29 is 14.3 Å². The van der Waals surface area contributed by atoms with Crippen LogP contribution in [0.25, 0.3) is 0 Å². The number of hydrogen-bond donors (Lipinski definition) is 2. The summed E-state index contributed by atoms with van der Waals surface area (Å²) in [5.41, 5.74) is 1.10. The van der Waals surface area contributed by atoms with Gasteiger partial charge in [-0.15, -0.1) is 0 Å². The molecule has 2 aliphatic rings. The molecule has 2 N–H and O–H groups in total. The molecule has 0 aromatic heterocycles. The average molecular weight is 264 g/mol. The fraction of sp³-hybridized carbons (Fsp3) is 0.500. The van der Waals surface area contributed by atoms with Crippen molar-refractivity contribution in [2.75, 3.05) is 18.0 Å². The molecule has 19 heavy (non-hydrogen) atoms. The zero-order valence-corrected chi connectivity index (χ0v) is 10.6. The van der Waals surface area contributed by atoms with Gasteiger partial charge in [-0.25, -0.2) is 4.39 Å². The van der Waals surface area contributed by atoms with Gasteiger partial charge in [0, 0.05) is 13.1 Å². The number of carbonyl (C=O) groups excluding carboxylic acids is 1. The van der Waals surface area contributed by atoms with Gasteiger partial charge in [0.25, 0.3) is 0 Å². The van der Waals surface area contributed by atoms with Crippen molar-refractivity contribution in [3.8, 4) is 0 Å². The molecule has 0 aliphatic carbocycles. The second-order valence-corrected chi connectivity index (χ2v) is 5.20. The molecule has 1 amide bonds. The average Bonchev–Trinajstić information content (AvgIpc) is 2.81. The predicted molar refractivity (Wildman–Crippen MR) is 69.2 cm³/mol. The summed E-state index contributed by atoms with van der Waals surface area (Å²) in [4.78, 5) is 13.7. The molecule has 0 radical (unpaired) electrons. The van der Waals surface area contributed by atoms with Gasteiger partial charge in [0.2, 0.25) is 5.91 Å². The first-order valence-corrected chi connectivity index (χ1v) is 6.64. The topological polar surface area (TPSA) is 52.6 Å². The van der Waals surface area contributed by atoms with Gasteiger partial charge in [0.15, 0.2) is 0 Å². The van der Waals surface area contributed by atoms with E-state index in [0.717, 1.165) is 19.4 Å². The Bertz CT molecular complexity index is 506. The number of nitrogens with zero attached hydrogens (tertiary/aromatic N) is 1. The van der Waals surface area contributed by atoms with Crippen LogP contribution in [0.4, 0.5) is 10.1 Å². The maximum Gasteiger partial charge on any atom is 0.225 e. The molecule has 1 aromatic rings. The molecular weight excluding hydrogens is 247 g/mol. The molecule has 3 rings (SSSR count). The Hall–Kier alpha value is -1.62. The highest BCUT2D eigenvalue weighted by atomic mass is 19.1. The van der Waals surface area contributed by atoms with Gasteiger partial charge in [-0.2, -0.15) is 0 Å². The zero-order chi connectivity index (χ0) is 13.4. The van der Waals surface area contributed by atoms with E-state index in [2.05, 4.69) is 5.32 Å². The number of carbonyl (C=O) groups is 1. The Morgan fingerprint density at radius 2 is 2.32 bits per heavy atom. The Balaban J connectivity index is 1.91. The third-order valence-electron chi connectivity index (χ3n) is 4.11. The smallest absolute Gasteiger partial charge is 0.225 e. The number of nitrogens with one attached hydrogen (secondary N) is 1. The van der Waals surface area contributed by atoms with Crippen molar-refractivity contribution in [2.45, 2.75) is 25.5 Å². The maximum atomic E-state index is 14.1. The fourth-order valence-corrected chi connectivity index (χ4v) is 3.13. The van der Waals surface area contributed by atoms with E-state index in [9.17, 15) is 9.18 Å². The minimum absolute atomic E-state index is 0.0225. The highest BCUT2D eigenvalue weighted by Crippen LogP contribution is 2.33. The SMILES string of the molecule is O=C1NCC2C1CCCN2c1ccc(CO)cc1F. The minimum Gasteiger partial charge on any atom is -0.392 e. The van der Waals surface area contributed by atoms with Crippen LogP contribution in [0.3, 0.4) is 0 Å². The molecule has 2 fully saturated rings. The lowest BCUT2D eigenvalue weighted by molar-refractivity contribution is -0.123. The normalized spacial score (nSPS) is 26.2. The van der Waals surface area contributed by atoms with Crippen LogP contribution >= 0.6 is 0 Å². The van der Waals surface area contributed by atoms with Gasteiger partial charge < -0.3 is 15.3 Å². The van der Waals surface area contributed by atoms with Crippen LogP contribution in [0.1, 0.15) is 18.4 Å². The first-order chi connectivity index (χ1) is 9.20. The van der Waals surface area contributed by atoms with Crippen LogP contribution in [-0.4, -0.2) is 30.1 Å². The molecule has 2 aliphatic heterocycles. The van der Waals surface area contributed by atoms with Crippen LogP contribution in [0.5, 0.6) is 0 Å². The van der Waals surface area contributed by atoms with Crippen molar-refractivity contribution in [1.82, 2.24) is 5.32 Å². The second-order valence-electron chi connectivity index (χ2n) is 5.20. The summed E-state index contributed by atoms with van der Waals surface area (Å²) in [5, 5.41) is 11.9. The molecular formula is C14H17FN2O2. The standard InChI is InChI=1S/C14H17FN2O2/c15-11-6-9(8-18)3-4-12(11)17-5-1-2-10-13(17)7-16-14(10)19/h3-4,6,10,13,18H,1-2,5,7-8H2,(H,16,19). The highest BCUT2D eigenvalue weighted by Gasteiger charge is 2.41. The van der Waals surface area contributed by atoms with E-state index >= 15 is 0 Å². The monoisotopic (exact) mass is 264 g/mol. The second kappa shape index (κ2) is 4.81. The number of aliphatic hydroxyl groups is 1. The number of rotatable bonds is 2. The first kappa shape index (κ1) is 12.4. The fourth-order valence-electron chi connectivity index (χ4n) is 3.13. The van der Waals surface area contributed by atoms with E-state index < -0.39 is 0 Å². The number of amides is 1. The molecule has 2 atom stereocenters. The van der Waals surface area contributed by atoms with Gasteiger partial charge in [0.1, 0.15) is 5.82 Å². The summed E-state index contributed by atoms with van der Waals surface area (Å²) in [6.07, 6.45) is 1.78. The van der Waals surface area contributed by atoms with Crippen LogP contribution < -0.4 is 10.2 Å². The lowest BCUT2D eigenvalue weighted by atomic mass is 9.91. The number of anilines is 1. The summed E-state index contributed by atoms with van der Waals surface area (Å²) in [6, 6.07) is 4.84. The van der Waals surface area contributed by atoms with Gasteiger partial charge in [-0.05, 0) is 30.5 Å². The van der Waals surface area contributed by atoms with Crippen molar-refractivity contribution >= 4 is 11.6 Å². The number of aliphatic hydroxyl groups excluding tert-OH is 1. The largest absolute Gasteiger partial charge is 0.392 e. The van der Waals surface area contributed by atoms with E-state index in [1.54, 1.807) is 12.1 Å². The first-order valence-electron chi connectivity index (χ1n) is 6.64. The highest BCUT2D eigenvalue weighted by molar-refractivity contribution is 5.83. The third kappa shape index (κ3) is 2.08. The molecule has 2 heterocycles. The number of benzene rings is 1. The summed E-state index contributed by atoms with van der Waals surface area (Å²) in [5.74, 6) is -0.265.